The lowest BCUT2D eigenvalue weighted by Crippen LogP contribution is -2.36. The van der Waals surface area contributed by atoms with Gasteiger partial charge in [0.05, 0.1) is 12.7 Å². The Morgan fingerprint density at radius 1 is 1.26 bits per heavy atom. The summed E-state index contributed by atoms with van der Waals surface area (Å²) in [6.45, 7) is 3.81. The molecule has 0 saturated carbocycles. The minimum atomic E-state index is 0.412. The van der Waals surface area contributed by atoms with E-state index in [1.807, 2.05) is 18.2 Å². The molecule has 0 aliphatic carbocycles. The summed E-state index contributed by atoms with van der Waals surface area (Å²) >= 11 is 15.5. The van der Waals surface area contributed by atoms with Crippen molar-refractivity contribution in [2.45, 2.75) is 25.5 Å². The summed E-state index contributed by atoms with van der Waals surface area (Å²) in [6, 6.07) is 5.72. The summed E-state index contributed by atoms with van der Waals surface area (Å²) < 4.78 is 5.75. The van der Waals surface area contributed by atoms with E-state index >= 15 is 0 Å². The molecule has 0 N–H and O–H groups in total. The summed E-state index contributed by atoms with van der Waals surface area (Å²) in [5, 5.41) is 2.36. The minimum Gasteiger partial charge on any atom is -0.377 e. The van der Waals surface area contributed by atoms with E-state index in [9.17, 15) is 0 Å². The van der Waals surface area contributed by atoms with Gasteiger partial charge in [0.15, 0.2) is 0 Å². The zero-order valence-electron chi connectivity index (χ0n) is 10.7. The summed E-state index contributed by atoms with van der Waals surface area (Å²) in [6.07, 6.45) is 2.60. The number of hydrogen-bond donors (Lipinski definition) is 0. The zero-order valence-corrected chi connectivity index (χ0v) is 13.8. The van der Waals surface area contributed by atoms with Gasteiger partial charge in [0.2, 0.25) is 0 Å². The molecule has 1 saturated heterocycles. The van der Waals surface area contributed by atoms with E-state index < -0.39 is 0 Å². The molecule has 1 heterocycles. The van der Waals surface area contributed by atoms with E-state index in [2.05, 4.69) is 20.8 Å². The second-order valence-corrected chi connectivity index (χ2v) is 6.41. The van der Waals surface area contributed by atoms with E-state index in [0.717, 1.165) is 55.0 Å². The maximum Gasteiger partial charge on any atom is 0.0599 e. The Morgan fingerprint density at radius 3 is 2.63 bits per heavy atom. The van der Waals surface area contributed by atoms with Crippen LogP contribution in [0.4, 0.5) is 0 Å². The van der Waals surface area contributed by atoms with Gasteiger partial charge in [-0.15, -0.1) is 0 Å². The highest BCUT2D eigenvalue weighted by atomic mass is 79.9. The third-order valence-corrected chi connectivity index (χ3v) is 4.29. The SMILES string of the molecule is Clc1ccc(CN2CCC(OCCBr)CC2)c(Cl)c1. The normalized spacial score (nSPS) is 17.8. The number of likely N-dealkylation sites (tertiary alicyclic amines) is 1. The highest BCUT2D eigenvalue weighted by molar-refractivity contribution is 9.09. The summed E-state index contributed by atoms with van der Waals surface area (Å²) in [5.41, 5.74) is 1.14. The van der Waals surface area contributed by atoms with Crippen LogP contribution in [-0.2, 0) is 11.3 Å². The van der Waals surface area contributed by atoms with Crippen molar-refractivity contribution < 1.29 is 4.74 Å². The van der Waals surface area contributed by atoms with Crippen LogP contribution >= 0.6 is 39.1 Å². The Balaban J connectivity index is 1.82. The molecule has 19 heavy (non-hydrogen) atoms. The first-order valence-corrected chi connectivity index (χ1v) is 8.40. The van der Waals surface area contributed by atoms with Crippen molar-refractivity contribution >= 4 is 39.1 Å². The maximum absolute atomic E-state index is 6.20. The van der Waals surface area contributed by atoms with Gasteiger partial charge in [-0.1, -0.05) is 45.2 Å². The molecule has 0 radical (unpaired) electrons. The molecule has 0 bridgehead atoms. The third kappa shape index (κ3) is 4.91. The van der Waals surface area contributed by atoms with E-state index in [1.165, 1.54) is 0 Å². The second-order valence-electron chi connectivity index (χ2n) is 4.77. The van der Waals surface area contributed by atoms with Gasteiger partial charge in [0, 0.05) is 35.0 Å². The first kappa shape index (κ1) is 15.6. The molecular weight excluding hydrogens is 349 g/mol. The van der Waals surface area contributed by atoms with Gasteiger partial charge in [0.1, 0.15) is 0 Å². The van der Waals surface area contributed by atoms with Crippen molar-refractivity contribution in [3.05, 3.63) is 33.8 Å². The van der Waals surface area contributed by atoms with Gasteiger partial charge >= 0.3 is 0 Å². The number of rotatable bonds is 5. The summed E-state index contributed by atoms with van der Waals surface area (Å²) in [4.78, 5) is 2.42. The molecule has 106 valence electrons. The Labute approximate surface area is 133 Å². The van der Waals surface area contributed by atoms with Crippen molar-refractivity contribution in [1.82, 2.24) is 4.90 Å². The maximum atomic E-state index is 6.20. The van der Waals surface area contributed by atoms with E-state index in [0.29, 0.717) is 11.1 Å². The lowest BCUT2D eigenvalue weighted by Gasteiger charge is -2.32. The molecule has 1 aromatic carbocycles. The van der Waals surface area contributed by atoms with Crippen LogP contribution in [0.3, 0.4) is 0 Å². The first-order valence-electron chi connectivity index (χ1n) is 6.53. The predicted octanol–water partition coefficient (Wildman–Crippen LogP) is 4.37. The zero-order chi connectivity index (χ0) is 13.7. The number of alkyl halides is 1. The van der Waals surface area contributed by atoms with Crippen molar-refractivity contribution in [3.63, 3.8) is 0 Å². The molecule has 0 aromatic heterocycles. The second kappa shape index (κ2) is 7.84. The Kier molecular flexibility index (Phi) is 6.43. The standard InChI is InChI=1S/C14H18BrCl2NO/c15-5-8-19-13-3-6-18(7-4-13)10-11-1-2-12(16)9-14(11)17/h1-2,9,13H,3-8,10H2. The van der Waals surface area contributed by atoms with Crippen LogP contribution in [0.25, 0.3) is 0 Å². The number of benzene rings is 1. The Hall–Kier alpha value is 0.200. The number of halogens is 3. The summed E-state index contributed by atoms with van der Waals surface area (Å²) in [7, 11) is 0. The molecule has 2 nitrogen and oxygen atoms in total. The molecule has 1 aromatic rings. The first-order chi connectivity index (χ1) is 9.19. The molecule has 5 heteroatoms. The fourth-order valence-electron chi connectivity index (χ4n) is 2.34. The van der Waals surface area contributed by atoms with Gasteiger partial charge in [-0.2, -0.15) is 0 Å². The largest absolute Gasteiger partial charge is 0.377 e. The molecule has 0 spiro atoms. The minimum absolute atomic E-state index is 0.412. The molecular formula is C14H18BrCl2NO. The van der Waals surface area contributed by atoms with E-state index in [4.69, 9.17) is 27.9 Å². The number of ether oxygens (including phenoxy) is 1. The highest BCUT2D eigenvalue weighted by Crippen LogP contribution is 2.24. The van der Waals surface area contributed by atoms with E-state index in [-0.39, 0.29) is 0 Å². The smallest absolute Gasteiger partial charge is 0.0599 e. The summed E-state index contributed by atoms with van der Waals surface area (Å²) in [5.74, 6) is 0. The molecule has 0 unspecified atom stereocenters. The van der Waals surface area contributed by atoms with Crippen molar-refractivity contribution in [2.24, 2.45) is 0 Å². The molecule has 1 aliphatic rings. The van der Waals surface area contributed by atoms with Crippen molar-refractivity contribution in [1.29, 1.82) is 0 Å². The molecule has 1 aliphatic heterocycles. The third-order valence-electron chi connectivity index (χ3n) is 3.37. The van der Waals surface area contributed by atoms with Crippen LogP contribution in [0.15, 0.2) is 18.2 Å². The van der Waals surface area contributed by atoms with Crippen LogP contribution in [0, 0.1) is 0 Å². The van der Waals surface area contributed by atoms with Crippen LogP contribution < -0.4 is 0 Å². The topological polar surface area (TPSA) is 12.5 Å². The molecule has 0 atom stereocenters. The number of hydrogen-bond acceptors (Lipinski definition) is 2. The van der Waals surface area contributed by atoms with Gasteiger partial charge in [-0.3, -0.25) is 4.90 Å². The lowest BCUT2D eigenvalue weighted by molar-refractivity contribution is 0.0141. The van der Waals surface area contributed by atoms with Crippen molar-refractivity contribution in [2.75, 3.05) is 25.0 Å². The van der Waals surface area contributed by atoms with Gasteiger partial charge in [0.25, 0.3) is 0 Å². The number of nitrogens with zero attached hydrogens (tertiary/aromatic N) is 1. The van der Waals surface area contributed by atoms with E-state index in [1.54, 1.807) is 0 Å². The fraction of sp³-hybridized carbons (Fsp3) is 0.571. The van der Waals surface area contributed by atoms with Crippen LogP contribution in [0.5, 0.6) is 0 Å². The van der Waals surface area contributed by atoms with Crippen molar-refractivity contribution in [3.8, 4) is 0 Å². The predicted molar refractivity (Wildman–Crippen MR) is 84.5 cm³/mol. The quantitative estimate of drug-likeness (QED) is 0.717. The molecule has 1 fully saturated rings. The average Bonchev–Trinajstić information content (AvgIpc) is 2.41. The Bertz CT molecular complexity index is 408. The van der Waals surface area contributed by atoms with Gasteiger partial charge < -0.3 is 4.74 Å². The average molecular weight is 367 g/mol. The number of piperidine rings is 1. The van der Waals surface area contributed by atoms with Gasteiger partial charge in [-0.25, -0.2) is 0 Å². The van der Waals surface area contributed by atoms with Crippen LogP contribution in [0.1, 0.15) is 18.4 Å². The monoisotopic (exact) mass is 365 g/mol. The fourth-order valence-corrected chi connectivity index (χ4v) is 2.99. The Morgan fingerprint density at radius 2 is 2.00 bits per heavy atom. The highest BCUT2D eigenvalue weighted by Gasteiger charge is 2.20. The molecule has 2 rings (SSSR count). The molecule has 0 amide bonds. The van der Waals surface area contributed by atoms with Crippen LogP contribution in [0.2, 0.25) is 10.0 Å². The lowest BCUT2D eigenvalue weighted by atomic mass is 10.1. The van der Waals surface area contributed by atoms with Crippen LogP contribution in [-0.4, -0.2) is 36.0 Å². The van der Waals surface area contributed by atoms with Gasteiger partial charge in [-0.05, 0) is 30.5 Å².